The van der Waals surface area contributed by atoms with E-state index >= 15 is 0 Å². The fraction of sp³-hybridized carbons (Fsp3) is 0.333. The zero-order valence-electron chi connectivity index (χ0n) is 17.0. The average molecular weight is 405 g/mol. The smallest absolute Gasteiger partial charge is 0.200 e. The van der Waals surface area contributed by atoms with E-state index in [0.29, 0.717) is 12.2 Å². The average Bonchev–Trinajstić information content (AvgIpc) is 3.42. The summed E-state index contributed by atoms with van der Waals surface area (Å²) < 4.78 is 8.98. The summed E-state index contributed by atoms with van der Waals surface area (Å²) in [6.45, 7) is 4.31. The number of aromatic nitrogens is 6. The van der Waals surface area contributed by atoms with Crippen molar-refractivity contribution in [3.8, 4) is 17.0 Å². The number of anilines is 1. The van der Waals surface area contributed by atoms with Gasteiger partial charge in [-0.1, -0.05) is 0 Å². The van der Waals surface area contributed by atoms with Gasteiger partial charge in [0.05, 0.1) is 30.8 Å². The van der Waals surface area contributed by atoms with E-state index in [1.165, 1.54) is 5.69 Å². The quantitative estimate of drug-likeness (QED) is 0.543. The lowest BCUT2D eigenvalue weighted by molar-refractivity contribution is 0.274. The molecule has 3 aromatic heterocycles. The molecular weight excluding hydrogens is 382 g/mol. The summed E-state index contributed by atoms with van der Waals surface area (Å²) in [6.07, 6.45) is 2.48. The molecule has 0 atom stereocenters. The number of ether oxygens (including phenoxy) is 1. The molecule has 154 valence electrons. The van der Waals surface area contributed by atoms with Crippen LogP contribution in [0.15, 0.2) is 36.7 Å². The number of aryl methyl sites for hydroxylation is 1. The van der Waals surface area contributed by atoms with E-state index in [2.05, 4.69) is 38.3 Å². The number of benzene rings is 1. The first-order chi connectivity index (χ1) is 14.7. The first-order valence-electron chi connectivity index (χ1n) is 10.0. The minimum Gasteiger partial charge on any atom is -0.497 e. The molecule has 1 N–H and O–H groups in total. The first kappa shape index (κ1) is 18.6. The van der Waals surface area contributed by atoms with Gasteiger partial charge in [0.2, 0.25) is 5.65 Å². The Morgan fingerprint density at radius 2 is 2.00 bits per heavy atom. The summed E-state index contributed by atoms with van der Waals surface area (Å²) in [5, 5.41) is 27.4. The summed E-state index contributed by atoms with van der Waals surface area (Å²) in [5.41, 5.74) is 6.55. The third kappa shape index (κ3) is 2.98. The molecule has 1 aliphatic heterocycles. The van der Waals surface area contributed by atoms with Gasteiger partial charge in [-0.2, -0.15) is 14.7 Å². The Morgan fingerprint density at radius 1 is 1.17 bits per heavy atom. The molecule has 0 saturated carbocycles. The Balaban J connectivity index is 1.57. The second-order valence-electron chi connectivity index (χ2n) is 7.26. The topological polar surface area (TPSA) is 93.6 Å². The maximum Gasteiger partial charge on any atom is 0.200 e. The van der Waals surface area contributed by atoms with E-state index in [0.717, 1.165) is 53.5 Å². The number of methoxy groups -OCH3 is 1. The van der Waals surface area contributed by atoms with Crippen molar-refractivity contribution in [3.05, 3.63) is 53.6 Å². The molecule has 0 bridgehead atoms. The molecule has 0 aliphatic carbocycles. The van der Waals surface area contributed by atoms with Crippen LogP contribution in [0.1, 0.15) is 23.9 Å². The molecular formula is C21H23N7O2. The van der Waals surface area contributed by atoms with Crippen molar-refractivity contribution in [2.75, 3.05) is 18.6 Å². The third-order valence-electron chi connectivity index (χ3n) is 5.64. The lowest BCUT2D eigenvalue weighted by Crippen LogP contribution is -2.32. The zero-order valence-corrected chi connectivity index (χ0v) is 17.0. The molecule has 0 fully saturated rings. The van der Waals surface area contributed by atoms with Crippen LogP contribution in [-0.4, -0.2) is 48.4 Å². The van der Waals surface area contributed by atoms with Gasteiger partial charge in [-0.15, -0.1) is 10.2 Å². The monoisotopic (exact) mass is 405 g/mol. The number of fused-ring (bicyclic) bond motifs is 2. The van der Waals surface area contributed by atoms with Crippen LogP contribution in [0.5, 0.6) is 5.75 Å². The summed E-state index contributed by atoms with van der Waals surface area (Å²) in [5.74, 6) is 0.803. The van der Waals surface area contributed by atoms with Crippen molar-refractivity contribution >= 4 is 11.3 Å². The number of hydrogen-bond donors (Lipinski definition) is 1. The van der Waals surface area contributed by atoms with Crippen LogP contribution in [0, 0.1) is 0 Å². The molecule has 0 saturated heterocycles. The Labute approximate surface area is 173 Å². The molecule has 4 aromatic rings. The highest BCUT2D eigenvalue weighted by atomic mass is 16.5. The fourth-order valence-electron chi connectivity index (χ4n) is 4.10. The largest absolute Gasteiger partial charge is 0.497 e. The molecule has 0 spiro atoms. The molecule has 30 heavy (non-hydrogen) atoms. The third-order valence-corrected chi connectivity index (χ3v) is 5.64. The maximum absolute atomic E-state index is 9.79. The van der Waals surface area contributed by atoms with Crippen molar-refractivity contribution in [1.29, 1.82) is 0 Å². The Morgan fingerprint density at radius 3 is 2.73 bits per heavy atom. The molecule has 0 radical (unpaired) electrons. The van der Waals surface area contributed by atoms with Gasteiger partial charge in [0.25, 0.3) is 0 Å². The molecule has 9 heteroatoms. The Hall–Kier alpha value is -3.46. The van der Waals surface area contributed by atoms with Crippen LogP contribution in [0.3, 0.4) is 0 Å². The van der Waals surface area contributed by atoms with Crippen molar-refractivity contribution in [2.45, 2.75) is 33.0 Å². The molecule has 0 unspecified atom stereocenters. The zero-order chi connectivity index (χ0) is 20.7. The van der Waals surface area contributed by atoms with E-state index < -0.39 is 0 Å². The first-order valence-corrected chi connectivity index (χ1v) is 10.0. The van der Waals surface area contributed by atoms with Gasteiger partial charge in [-0.25, -0.2) is 0 Å². The molecule has 9 nitrogen and oxygen atoms in total. The molecule has 4 heterocycles. The predicted octanol–water partition coefficient (Wildman–Crippen LogP) is 2.07. The summed E-state index contributed by atoms with van der Waals surface area (Å²) in [6, 6.07) is 9.88. The van der Waals surface area contributed by atoms with Crippen LogP contribution < -0.4 is 9.64 Å². The summed E-state index contributed by atoms with van der Waals surface area (Å²) in [4.78, 5) is 2.27. The van der Waals surface area contributed by atoms with Crippen molar-refractivity contribution in [3.63, 3.8) is 0 Å². The van der Waals surface area contributed by atoms with E-state index in [1.54, 1.807) is 18.0 Å². The standard InChI is InChI=1S/C21H23N7O2/c1-3-27-19-8-9-26(11-16(19)18(12-29)25-27)20-10-17(24-28-13-22-23-21(20)28)14-4-6-15(30-2)7-5-14/h4-7,10,13,29H,3,8-9,11-12H2,1-2H3. The van der Waals surface area contributed by atoms with Crippen LogP contribution in [-0.2, 0) is 26.1 Å². The normalized spacial score (nSPS) is 13.6. The van der Waals surface area contributed by atoms with E-state index in [4.69, 9.17) is 4.74 Å². The second kappa shape index (κ2) is 7.42. The maximum atomic E-state index is 9.79. The highest BCUT2D eigenvalue weighted by Crippen LogP contribution is 2.32. The van der Waals surface area contributed by atoms with Gasteiger partial charge in [0.15, 0.2) is 0 Å². The highest BCUT2D eigenvalue weighted by Gasteiger charge is 2.26. The Bertz CT molecular complexity index is 1200. The summed E-state index contributed by atoms with van der Waals surface area (Å²) >= 11 is 0. The van der Waals surface area contributed by atoms with Gasteiger partial charge in [-0.05, 0) is 37.3 Å². The van der Waals surface area contributed by atoms with Crippen LogP contribution >= 0.6 is 0 Å². The van der Waals surface area contributed by atoms with Crippen LogP contribution in [0.2, 0.25) is 0 Å². The van der Waals surface area contributed by atoms with Gasteiger partial charge in [0, 0.05) is 42.9 Å². The molecule has 1 aromatic carbocycles. The molecule has 1 aliphatic rings. The number of nitrogens with zero attached hydrogens (tertiary/aromatic N) is 7. The number of aliphatic hydroxyl groups is 1. The Kier molecular flexibility index (Phi) is 4.59. The number of hydrogen-bond acceptors (Lipinski definition) is 7. The molecule has 5 rings (SSSR count). The lowest BCUT2D eigenvalue weighted by atomic mass is 10.0. The van der Waals surface area contributed by atoms with Crippen LogP contribution in [0.25, 0.3) is 16.9 Å². The van der Waals surface area contributed by atoms with Crippen molar-refractivity contribution in [2.24, 2.45) is 0 Å². The van der Waals surface area contributed by atoms with E-state index in [1.807, 2.05) is 28.9 Å². The minimum atomic E-state index is -0.0586. The van der Waals surface area contributed by atoms with Crippen molar-refractivity contribution < 1.29 is 9.84 Å². The van der Waals surface area contributed by atoms with E-state index in [9.17, 15) is 5.11 Å². The van der Waals surface area contributed by atoms with Gasteiger partial charge >= 0.3 is 0 Å². The minimum absolute atomic E-state index is 0.0586. The van der Waals surface area contributed by atoms with Crippen LogP contribution in [0.4, 0.5) is 5.69 Å². The second-order valence-corrected chi connectivity index (χ2v) is 7.26. The van der Waals surface area contributed by atoms with Crippen molar-refractivity contribution in [1.82, 2.24) is 29.6 Å². The van der Waals surface area contributed by atoms with Gasteiger partial charge in [0.1, 0.15) is 12.1 Å². The SMILES string of the molecule is CCn1nc(CO)c2c1CCN(c1cc(-c3ccc(OC)cc3)nn3cnnc13)C2. The van der Waals surface area contributed by atoms with Gasteiger partial charge in [-0.3, -0.25) is 4.68 Å². The fourth-order valence-corrected chi connectivity index (χ4v) is 4.10. The number of rotatable bonds is 5. The highest BCUT2D eigenvalue weighted by molar-refractivity contribution is 5.75. The predicted molar refractivity (Wildman–Crippen MR) is 111 cm³/mol. The lowest BCUT2D eigenvalue weighted by Gasteiger charge is -2.30. The summed E-state index contributed by atoms with van der Waals surface area (Å²) in [7, 11) is 1.65. The van der Waals surface area contributed by atoms with E-state index in [-0.39, 0.29) is 6.61 Å². The number of aliphatic hydroxyl groups excluding tert-OH is 1. The van der Waals surface area contributed by atoms with Gasteiger partial charge < -0.3 is 14.7 Å². The molecule has 0 amide bonds.